The second kappa shape index (κ2) is 9.27. The molecule has 1 amide bonds. The van der Waals surface area contributed by atoms with Gasteiger partial charge in [0.25, 0.3) is 0 Å². The molecule has 0 N–H and O–H groups in total. The van der Waals surface area contributed by atoms with Gasteiger partial charge in [0, 0.05) is 18.1 Å². The molecule has 1 fully saturated rings. The van der Waals surface area contributed by atoms with Gasteiger partial charge in [-0.15, -0.1) is 0 Å². The lowest BCUT2D eigenvalue weighted by Crippen LogP contribution is -2.40. The van der Waals surface area contributed by atoms with Crippen molar-refractivity contribution in [2.24, 2.45) is 0 Å². The molecular weight excluding hydrogens is 421 g/mol. The molecule has 5 nitrogen and oxygen atoms in total. The molecule has 158 valence electrons. The summed E-state index contributed by atoms with van der Waals surface area (Å²) in [6, 6.07) is 13.3. The van der Waals surface area contributed by atoms with Crippen LogP contribution in [0.5, 0.6) is 5.75 Å². The molecule has 1 heterocycles. The summed E-state index contributed by atoms with van der Waals surface area (Å²) in [6.45, 7) is 0.441. The van der Waals surface area contributed by atoms with Crippen molar-refractivity contribution in [3.05, 3.63) is 58.3 Å². The third-order valence-corrected chi connectivity index (χ3v) is 6.32. The van der Waals surface area contributed by atoms with Crippen LogP contribution >= 0.6 is 23.2 Å². The number of carbonyl (C=O) groups is 1. The highest BCUT2D eigenvalue weighted by atomic mass is 35.5. The molecule has 1 aliphatic carbocycles. The monoisotopic (exact) mass is 445 g/mol. The van der Waals surface area contributed by atoms with E-state index in [-0.39, 0.29) is 19.1 Å². The van der Waals surface area contributed by atoms with Crippen molar-refractivity contribution in [1.82, 2.24) is 14.5 Å². The van der Waals surface area contributed by atoms with Crippen LogP contribution in [0.25, 0.3) is 11.0 Å². The smallest absolute Gasteiger partial charge is 0.242 e. The Bertz CT molecular complexity index is 1040. The number of imidazole rings is 1. The summed E-state index contributed by atoms with van der Waals surface area (Å²) in [7, 11) is 1.92. The second-order valence-electron chi connectivity index (χ2n) is 7.76. The van der Waals surface area contributed by atoms with Crippen molar-refractivity contribution in [1.29, 1.82) is 0 Å². The first-order chi connectivity index (χ1) is 14.5. The van der Waals surface area contributed by atoms with Crippen LogP contribution in [-0.4, -0.2) is 33.4 Å². The van der Waals surface area contributed by atoms with Gasteiger partial charge in [0.15, 0.2) is 0 Å². The number of hydrogen-bond acceptors (Lipinski definition) is 3. The first-order valence-corrected chi connectivity index (χ1v) is 11.1. The number of benzene rings is 2. The van der Waals surface area contributed by atoms with E-state index in [4.69, 9.17) is 32.9 Å². The van der Waals surface area contributed by atoms with Crippen LogP contribution in [0, 0.1) is 0 Å². The van der Waals surface area contributed by atoms with E-state index in [1.165, 1.54) is 19.3 Å². The fourth-order valence-electron chi connectivity index (χ4n) is 4.07. The first-order valence-electron chi connectivity index (χ1n) is 10.3. The van der Waals surface area contributed by atoms with Gasteiger partial charge in [-0.25, -0.2) is 4.98 Å². The lowest BCUT2D eigenvalue weighted by atomic mass is 9.94. The molecule has 30 heavy (non-hydrogen) atoms. The summed E-state index contributed by atoms with van der Waals surface area (Å²) in [5.41, 5.74) is 1.76. The Hall–Kier alpha value is -2.24. The third kappa shape index (κ3) is 4.57. The van der Waals surface area contributed by atoms with Crippen LogP contribution in [-0.2, 0) is 17.9 Å². The Kier molecular flexibility index (Phi) is 6.49. The van der Waals surface area contributed by atoms with Crippen LogP contribution in [0.4, 0.5) is 0 Å². The van der Waals surface area contributed by atoms with Gasteiger partial charge >= 0.3 is 0 Å². The van der Waals surface area contributed by atoms with Gasteiger partial charge in [-0.3, -0.25) is 4.79 Å². The van der Waals surface area contributed by atoms with Crippen molar-refractivity contribution < 1.29 is 9.53 Å². The predicted octanol–water partition coefficient (Wildman–Crippen LogP) is 5.71. The Morgan fingerprint density at radius 1 is 1.17 bits per heavy atom. The number of likely N-dealkylation sites (N-methyl/N-ethyl adjacent to an activating group) is 1. The summed E-state index contributed by atoms with van der Waals surface area (Å²) in [5, 5.41) is 0.995. The van der Waals surface area contributed by atoms with Crippen LogP contribution in [0.1, 0.15) is 37.9 Å². The minimum absolute atomic E-state index is 0.0934. The predicted molar refractivity (Wildman–Crippen MR) is 120 cm³/mol. The zero-order valence-electron chi connectivity index (χ0n) is 17.0. The number of carbonyl (C=O) groups excluding carboxylic acids is 1. The molecule has 3 aromatic rings. The molecule has 0 unspecified atom stereocenters. The van der Waals surface area contributed by atoms with Crippen molar-refractivity contribution in [3.63, 3.8) is 0 Å². The van der Waals surface area contributed by atoms with Gasteiger partial charge < -0.3 is 14.2 Å². The van der Waals surface area contributed by atoms with E-state index in [0.717, 1.165) is 23.9 Å². The van der Waals surface area contributed by atoms with E-state index >= 15 is 0 Å². The van der Waals surface area contributed by atoms with Crippen molar-refractivity contribution in [2.45, 2.75) is 51.3 Å². The third-order valence-electron chi connectivity index (χ3n) is 5.79. The van der Waals surface area contributed by atoms with Gasteiger partial charge in [0.05, 0.1) is 16.1 Å². The van der Waals surface area contributed by atoms with Gasteiger partial charge in [-0.2, -0.15) is 0 Å². The summed E-state index contributed by atoms with van der Waals surface area (Å²) >= 11 is 12.2. The number of para-hydroxylation sites is 2. The number of rotatable bonds is 6. The lowest BCUT2D eigenvalue weighted by molar-refractivity contribution is -0.133. The molecule has 1 saturated carbocycles. The fourth-order valence-corrected chi connectivity index (χ4v) is 4.53. The molecule has 0 atom stereocenters. The summed E-state index contributed by atoms with van der Waals surface area (Å²) < 4.78 is 7.85. The number of halogens is 2. The number of fused-ring (bicyclic) bond motifs is 1. The molecule has 1 aliphatic rings. The minimum atomic E-state index is 0.0934. The molecule has 4 rings (SSSR count). The largest absolute Gasteiger partial charge is 0.484 e. The molecule has 0 bridgehead atoms. The molecule has 0 spiro atoms. The van der Waals surface area contributed by atoms with Crippen LogP contribution in [0.3, 0.4) is 0 Å². The second-order valence-corrected chi connectivity index (χ2v) is 8.61. The Morgan fingerprint density at radius 3 is 2.70 bits per heavy atom. The molecule has 7 heteroatoms. The maximum atomic E-state index is 13.1. The first kappa shape index (κ1) is 21.0. The molecular formula is C23H25Cl2N3O2. The summed E-state index contributed by atoms with van der Waals surface area (Å²) in [6.07, 6.45) is 5.81. The molecule has 2 aromatic carbocycles. The Morgan fingerprint density at radius 2 is 1.93 bits per heavy atom. The lowest BCUT2D eigenvalue weighted by Gasteiger charge is -2.31. The van der Waals surface area contributed by atoms with Gasteiger partial charge in [-0.05, 0) is 43.2 Å². The SMILES string of the molecule is CN(C(=O)Cn1c(COc2ccc(Cl)cc2Cl)nc2ccccc21)C1CCCCC1. The number of nitrogens with zero attached hydrogens (tertiary/aromatic N) is 3. The van der Waals surface area contributed by atoms with Crippen molar-refractivity contribution >= 4 is 40.1 Å². The highest BCUT2D eigenvalue weighted by Crippen LogP contribution is 2.29. The van der Waals surface area contributed by atoms with E-state index in [1.54, 1.807) is 18.2 Å². The Labute approximate surface area is 186 Å². The number of hydrogen-bond donors (Lipinski definition) is 0. The van der Waals surface area contributed by atoms with Crippen LogP contribution in [0.15, 0.2) is 42.5 Å². The molecule has 1 aromatic heterocycles. The zero-order valence-corrected chi connectivity index (χ0v) is 18.5. The van der Waals surface area contributed by atoms with E-state index in [0.29, 0.717) is 27.7 Å². The summed E-state index contributed by atoms with van der Waals surface area (Å²) in [5.74, 6) is 1.31. The minimum Gasteiger partial charge on any atom is -0.484 e. The van der Waals surface area contributed by atoms with Gasteiger partial charge in [0.2, 0.25) is 5.91 Å². The van der Waals surface area contributed by atoms with Crippen LogP contribution in [0.2, 0.25) is 10.0 Å². The van der Waals surface area contributed by atoms with E-state index in [2.05, 4.69) is 0 Å². The van der Waals surface area contributed by atoms with E-state index < -0.39 is 0 Å². The standard InChI is InChI=1S/C23H25Cl2N3O2/c1-27(17-7-3-2-4-8-17)23(29)14-28-20-10-6-5-9-19(20)26-22(28)15-30-21-12-11-16(24)13-18(21)25/h5-6,9-13,17H,2-4,7-8,14-15H2,1H3. The van der Waals surface area contributed by atoms with Gasteiger partial charge in [-0.1, -0.05) is 54.6 Å². The molecule has 0 saturated heterocycles. The average molecular weight is 446 g/mol. The highest BCUT2D eigenvalue weighted by molar-refractivity contribution is 6.35. The number of amides is 1. The van der Waals surface area contributed by atoms with E-state index in [1.807, 2.05) is 40.8 Å². The maximum Gasteiger partial charge on any atom is 0.242 e. The quantitative estimate of drug-likeness (QED) is 0.487. The average Bonchev–Trinajstić information content (AvgIpc) is 3.10. The summed E-state index contributed by atoms with van der Waals surface area (Å²) in [4.78, 5) is 19.7. The maximum absolute atomic E-state index is 13.1. The van der Waals surface area contributed by atoms with Crippen molar-refractivity contribution in [2.75, 3.05) is 7.05 Å². The number of ether oxygens (including phenoxy) is 1. The fraction of sp³-hybridized carbons (Fsp3) is 0.391. The number of aromatic nitrogens is 2. The van der Waals surface area contributed by atoms with Crippen molar-refractivity contribution in [3.8, 4) is 5.75 Å². The van der Waals surface area contributed by atoms with E-state index in [9.17, 15) is 4.79 Å². The normalized spacial score (nSPS) is 14.8. The highest BCUT2D eigenvalue weighted by Gasteiger charge is 2.23. The zero-order chi connectivity index (χ0) is 21.1. The molecule has 0 aliphatic heterocycles. The van der Waals surface area contributed by atoms with Gasteiger partial charge in [0.1, 0.15) is 24.7 Å². The Balaban J connectivity index is 1.56. The van der Waals surface area contributed by atoms with Crippen LogP contribution < -0.4 is 4.74 Å². The molecule has 0 radical (unpaired) electrons. The topological polar surface area (TPSA) is 47.4 Å².